The van der Waals surface area contributed by atoms with Gasteiger partial charge < -0.3 is 15.4 Å². The van der Waals surface area contributed by atoms with Gasteiger partial charge in [0.25, 0.3) is 0 Å². The van der Waals surface area contributed by atoms with Crippen molar-refractivity contribution in [3.05, 3.63) is 0 Å². The average Bonchev–Trinajstić information content (AvgIpc) is 3.05. The van der Waals surface area contributed by atoms with Gasteiger partial charge in [-0.05, 0) is 85.9 Å². The summed E-state index contributed by atoms with van der Waals surface area (Å²) in [6.45, 7) is 11.9. The largest absolute Gasteiger partial charge is 0.411 e. The molecule has 31 heavy (non-hydrogen) atoms. The van der Waals surface area contributed by atoms with Crippen molar-refractivity contribution in [1.82, 2.24) is 0 Å². The normalized spacial score (nSPS) is 49.5. The fourth-order valence-corrected chi connectivity index (χ4v) is 9.19. The molecule has 178 valence electrons. The smallest absolute Gasteiger partial charge is 0.114 e. The van der Waals surface area contributed by atoms with E-state index in [9.17, 15) is 15.4 Å². The van der Waals surface area contributed by atoms with Crippen LogP contribution in [0.25, 0.3) is 0 Å². The Morgan fingerprint density at radius 1 is 1.00 bits per heavy atom. The van der Waals surface area contributed by atoms with Gasteiger partial charge in [0, 0.05) is 11.8 Å². The van der Waals surface area contributed by atoms with Gasteiger partial charge in [-0.1, -0.05) is 59.0 Å². The number of nitrogens with zero attached hydrogens (tertiary/aromatic N) is 1. The highest BCUT2D eigenvalue weighted by molar-refractivity contribution is 5.94. The van der Waals surface area contributed by atoms with E-state index < -0.39 is 11.7 Å². The van der Waals surface area contributed by atoms with Crippen LogP contribution in [0.5, 0.6) is 0 Å². The molecule has 0 amide bonds. The molecule has 4 heteroatoms. The van der Waals surface area contributed by atoms with E-state index in [0.717, 1.165) is 30.6 Å². The lowest BCUT2D eigenvalue weighted by molar-refractivity contribution is -0.170. The molecule has 0 aromatic carbocycles. The maximum Gasteiger partial charge on any atom is 0.114 e. The molecule has 0 bridgehead atoms. The summed E-state index contributed by atoms with van der Waals surface area (Å²) in [5, 5.41) is 35.7. The molecule has 0 spiro atoms. The number of oxime groups is 1. The van der Waals surface area contributed by atoms with Crippen molar-refractivity contribution in [3.63, 3.8) is 0 Å². The number of hydrogen-bond acceptors (Lipinski definition) is 4. The summed E-state index contributed by atoms with van der Waals surface area (Å²) in [6, 6.07) is 0. The zero-order valence-corrected chi connectivity index (χ0v) is 20.6. The summed E-state index contributed by atoms with van der Waals surface area (Å²) in [4.78, 5) is 0. The Balaban J connectivity index is 1.57. The molecule has 0 radical (unpaired) electrons. The lowest BCUT2D eigenvalue weighted by Crippen LogP contribution is -2.67. The Morgan fingerprint density at radius 2 is 1.74 bits per heavy atom. The van der Waals surface area contributed by atoms with Gasteiger partial charge in [-0.25, -0.2) is 0 Å². The average molecular weight is 434 g/mol. The van der Waals surface area contributed by atoms with Crippen molar-refractivity contribution >= 4 is 5.71 Å². The quantitative estimate of drug-likeness (QED) is 0.366. The Kier molecular flexibility index (Phi) is 6.31. The van der Waals surface area contributed by atoms with E-state index in [4.69, 9.17) is 0 Å². The Labute approximate surface area is 189 Å². The molecule has 4 rings (SSSR count). The van der Waals surface area contributed by atoms with Crippen molar-refractivity contribution in [2.75, 3.05) is 0 Å². The van der Waals surface area contributed by atoms with Gasteiger partial charge in [-0.3, -0.25) is 0 Å². The molecule has 4 aliphatic rings. The molecule has 0 aromatic heterocycles. The van der Waals surface area contributed by atoms with Crippen LogP contribution in [0.2, 0.25) is 0 Å². The van der Waals surface area contributed by atoms with Gasteiger partial charge in [0.2, 0.25) is 0 Å². The molecule has 4 saturated carbocycles. The summed E-state index contributed by atoms with van der Waals surface area (Å²) < 4.78 is 0. The number of rotatable bonds is 5. The van der Waals surface area contributed by atoms with Crippen LogP contribution in [-0.4, -0.2) is 32.8 Å². The van der Waals surface area contributed by atoms with Crippen molar-refractivity contribution in [3.8, 4) is 0 Å². The van der Waals surface area contributed by atoms with Crippen LogP contribution in [0, 0.1) is 46.3 Å². The van der Waals surface area contributed by atoms with Crippen LogP contribution in [-0.2, 0) is 0 Å². The predicted octanol–water partition coefficient (Wildman–Crippen LogP) is 6.02. The summed E-state index contributed by atoms with van der Waals surface area (Å²) in [6.07, 6.45) is 11.2. The van der Waals surface area contributed by atoms with Crippen LogP contribution in [0.4, 0.5) is 0 Å². The van der Waals surface area contributed by atoms with Crippen molar-refractivity contribution < 1.29 is 15.4 Å². The van der Waals surface area contributed by atoms with E-state index in [1.54, 1.807) is 0 Å². The number of aliphatic hydroxyl groups is 2. The SMILES string of the molecule is CC(C)CCCC(C)C1CCC2C3CC(=NO)C4(O)CC(O)CCC4(C)C3CCC12C. The molecule has 0 saturated heterocycles. The molecule has 0 aromatic rings. The van der Waals surface area contributed by atoms with Crippen molar-refractivity contribution in [1.29, 1.82) is 0 Å². The lowest BCUT2D eigenvalue weighted by Gasteiger charge is -2.63. The number of aliphatic hydroxyl groups excluding tert-OH is 1. The van der Waals surface area contributed by atoms with Gasteiger partial charge in [-0.2, -0.15) is 0 Å². The minimum atomic E-state index is -1.16. The maximum atomic E-state index is 11.8. The molecule has 0 aliphatic heterocycles. The van der Waals surface area contributed by atoms with Crippen LogP contribution in [0.15, 0.2) is 5.16 Å². The third-order valence-electron chi connectivity index (χ3n) is 11.0. The molecule has 3 N–H and O–H groups in total. The van der Waals surface area contributed by atoms with Gasteiger partial charge in [-0.15, -0.1) is 0 Å². The van der Waals surface area contributed by atoms with E-state index in [0.29, 0.717) is 41.7 Å². The molecular formula is C27H47NO3. The van der Waals surface area contributed by atoms with E-state index in [2.05, 4.69) is 39.8 Å². The van der Waals surface area contributed by atoms with Crippen molar-refractivity contribution in [2.45, 2.75) is 117 Å². The second-order valence-electron chi connectivity index (χ2n) is 12.8. The molecule has 4 aliphatic carbocycles. The first kappa shape index (κ1) is 23.5. The topological polar surface area (TPSA) is 73.1 Å². The van der Waals surface area contributed by atoms with Crippen LogP contribution < -0.4 is 0 Å². The maximum absolute atomic E-state index is 11.8. The van der Waals surface area contributed by atoms with Gasteiger partial charge in [0.1, 0.15) is 5.60 Å². The number of fused-ring (bicyclic) bond motifs is 5. The predicted molar refractivity (Wildman–Crippen MR) is 125 cm³/mol. The monoisotopic (exact) mass is 433 g/mol. The first-order valence-corrected chi connectivity index (χ1v) is 13.2. The zero-order chi connectivity index (χ0) is 22.6. The second-order valence-corrected chi connectivity index (χ2v) is 12.8. The van der Waals surface area contributed by atoms with Crippen LogP contribution in [0.3, 0.4) is 0 Å². The minimum Gasteiger partial charge on any atom is -0.411 e. The first-order valence-electron chi connectivity index (χ1n) is 13.2. The molecule has 0 heterocycles. The zero-order valence-electron chi connectivity index (χ0n) is 20.6. The van der Waals surface area contributed by atoms with E-state index in [1.807, 2.05) is 0 Å². The second kappa shape index (κ2) is 8.31. The minimum absolute atomic E-state index is 0.293. The van der Waals surface area contributed by atoms with E-state index in [-0.39, 0.29) is 5.41 Å². The summed E-state index contributed by atoms with van der Waals surface area (Å²) in [7, 11) is 0. The fraction of sp³-hybridized carbons (Fsp3) is 0.963. The Hall–Kier alpha value is -0.610. The fourth-order valence-electron chi connectivity index (χ4n) is 9.19. The molecule has 9 unspecified atom stereocenters. The highest BCUT2D eigenvalue weighted by Gasteiger charge is 2.67. The van der Waals surface area contributed by atoms with Crippen LogP contribution in [0.1, 0.15) is 105 Å². The third kappa shape index (κ3) is 3.59. The first-order chi connectivity index (χ1) is 14.6. The summed E-state index contributed by atoms with van der Waals surface area (Å²) in [5.41, 5.74) is -0.526. The van der Waals surface area contributed by atoms with Crippen molar-refractivity contribution in [2.24, 2.45) is 51.5 Å². The van der Waals surface area contributed by atoms with E-state index >= 15 is 0 Å². The van der Waals surface area contributed by atoms with Gasteiger partial charge >= 0.3 is 0 Å². The number of hydrogen-bond donors (Lipinski definition) is 3. The molecule has 4 nitrogen and oxygen atoms in total. The highest BCUT2D eigenvalue weighted by atomic mass is 16.4. The standard InChI is InChI=1S/C27H47NO3/c1-17(2)7-6-8-18(3)21-9-10-22-20-15-24(28-31)27(30)16-19(29)11-14-26(27,5)23(20)12-13-25(21,22)4/h17-23,29-31H,6-16H2,1-5H3. The summed E-state index contributed by atoms with van der Waals surface area (Å²) >= 11 is 0. The molecule has 9 atom stereocenters. The Morgan fingerprint density at radius 3 is 2.42 bits per heavy atom. The van der Waals surface area contributed by atoms with Gasteiger partial charge in [0.05, 0.1) is 11.8 Å². The molecular weight excluding hydrogens is 386 g/mol. The van der Waals surface area contributed by atoms with E-state index in [1.165, 1.54) is 44.9 Å². The third-order valence-corrected chi connectivity index (χ3v) is 11.0. The highest BCUT2D eigenvalue weighted by Crippen LogP contribution is 2.68. The van der Waals surface area contributed by atoms with Gasteiger partial charge in [0.15, 0.2) is 0 Å². The molecule has 4 fully saturated rings. The lowest BCUT2D eigenvalue weighted by atomic mass is 9.42. The Bertz CT molecular complexity index is 692. The van der Waals surface area contributed by atoms with Crippen LogP contribution >= 0.6 is 0 Å². The summed E-state index contributed by atoms with van der Waals surface area (Å²) in [5.74, 6) is 3.98.